The Morgan fingerprint density at radius 3 is 3.10 bits per heavy atom. The van der Waals surface area contributed by atoms with Crippen LogP contribution in [0, 0.1) is 5.92 Å². The fourth-order valence-corrected chi connectivity index (χ4v) is 4.66. The van der Waals surface area contributed by atoms with Crippen molar-refractivity contribution < 1.29 is 0 Å². The van der Waals surface area contributed by atoms with Crippen LogP contribution in [0.1, 0.15) is 42.9 Å². The van der Waals surface area contributed by atoms with Crippen molar-refractivity contribution in [2.45, 2.75) is 39.8 Å². The monoisotopic (exact) mass is 321 g/mol. The number of nitrogens with one attached hydrogen (secondary N) is 1. The van der Waals surface area contributed by atoms with Crippen LogP contribution in [0.25, 0.3) is 0 Å². The molecule has 0 radical (unpaired) electrons. The summed E-state index contributed by atoms with van der Waals surface area (Å²) in [5.74, 6) is 0.683. The van der Waals surface area contributed by atoms with E-state index in [-0.39, 0.29) is 0 Å². The molecule has 5 heteroatoms. The SMILES string of the molecule is CC(C)CNCc1csc(N2CCc3sccc3C2C)n1. The third-order valence-electron chi connectivity index (χ3n) is 3.92. The molecule has 2 aromatic rings. The first-order chi connectivity index (χ1) is 10.1. The van der Waals surface area contributed by atoms with Gasteiger partial charge in [-0.15, -0.1) is 22.7 Å². The maximum absolute atomic E-state index is 4.82. The van der Waals surface area contributed by atoms with Gasteiger partial charge in [0.05, 0.1) is 11.7 Å². The molecule has 114 valence electrons. The van der Waals surface area contributed by atoms with E-state index in [9.17, 15) is 0 Å². The van der Waals surface area contributed by atoms with Crippen molar-refractivity contribution in [3.05, 3.63) is 33.0 Å². The molecule has 3 heterocycles. The average molecular weight is 322 g/mol. The molecule has 0 amide bonds. The number of thiophene rings is 1. The van der Waals surface area contributed by atoms with E-state index in [1.165, 1.54) is 16.4 Å². The summed E-state index contributed by atoms with van der Waals surface area (Å²) in [6, 6.07) is 2.72. The molecule has 21 heavy (non-hydrogen) atoms. The Balaban J connectivity index is 1.67. The van der Waals surface area contributed by atoms with Gasteiger partial charge in [-0.1, -0.05) is 13.8 Å². The highest BCUT2D eigenvalue weighted by molar-refractivity contribution is 7.13. The van der Waals surface area contributed by atoms with Crippen LogP contribution in [0.2, 0.25) is 0 Å². The second-order valence-electron chi connectivity index (χ2n) is 6.06. The van der Waals surface area contributed by atoms with Crippen LogP contribution < -0.4 is 10.2 Å². The highest BCUT2D eigenvalue weighted by atomic mass is 32.1. The maximum atomic E-state index is 4.82. The van der Waals surface area contributed by atoms with Crippen molar-refractivity contribution in [1.29, 1.82) is 0 Å². The van der Waals surface area contributed by atoms with Gasteiger partial charge in [0.25, 0.3) is 0 Å². The fourth-order valence-electron chi connectivity index (χ4n) is 2.77. The first kappa shape index (κ1) is 15.0. The summed E-state index contributed by atoms with van der Waals surface area (Å²) in [5.41, 5.74) is 2.65. The molecule has 1 atom stereocenters. The minimum absolute atomic E-state index is 0.447. The predicted molar refractivity (Wildman–Crippen MR) is 92.4 cm³/mol. The summed E-state index contributed by atoms with van der Waals surface area (Å²) in [7, 11) is 0. The molecule has 3 nitrogen and oxygen atoms in total. The number of hydrogen-bond donors (Lipinski definition) is 1. The number of fused-ring (bicyclic) bond motifs is 1. The number of anilines is 1. The number of nitrogens with zero attached hydrogens (tertiary/aromatic N) is 2. The Morgan fingerprint density at radius 1 is 1.43 bits per heavy atom. The summed E-state index contributed by atoms with van der Waals surface area (Å²) >= 11 is 3.67. The molecule has 0 bridgehead atoms. The summed E-state index contributed by atoms with van der Waals surface area (Å²) in [5, 5.41) is 9.04. The van der Waals surface area contributed by atoms with Gasteiger partial charge in [-0.25, -0.2) is 4.98 Å². The molecule has 1 aliphatic heterocycles. The second kappa shape index (κ2) is 6.46. The van der Waals surface area contributed by atoms with Crippen molar-refractivity contribution in [3.8, 4) is 0 Å². The molecular formula is C16H23N3S2. The van der Waals surface area contributed by atoms with Gasteiger partial charge in [-0.2, -0.15) is 0 Å². The van der Waals surface area contributed by atoms with Gasteiger partial charge in [0.1, 0.15) is 0 Å². The van der Waals surface area contributed by atoms with Crippen LogP contribution in [0.15, 0.2) is 16.8 Å². The molecule has 1 unspecified atom stereocenters. The first-order valence-electron chi connectivity index (χ1n) is 7.63. The summed E-state index contributed by atoms with van der Waals surface area (Å²) in [4.78, 5) is 8.82. The van der Waals surface area contributed by atoms with Crippen LogP contribution in [0.4, 0.5) is 5.13 Å². The zero-order valence-electron chi connectivity index (χ0n) is 12.9. The van der Waals surface area contributed by atoms with E-state index in [4.69, 9.17) is 4.98 Å². The van der Waals surface area contributed by atoms with Gasteiger partial charge >= 0.3 is 0 Å². The normalized spacial score (nSPS) is 18.3. The number of rotatable bonds is 5. The molecule has 2 aromatic heterocycles. The van der Waals surface area contributed by atoms with Crippen LogP contribution >= 0.6 is 22.7 Å². The van der Waals surface area contributed by atoms with E-state index in [0.29, 0.717) is 12.0 Å². The van der Waals surface area contributed by atoms with Crippen molar-refractivity contribution in [2.75, 3.05) is 18.0 Å². The van der Waals surface area contributed by atoms with E-state index < -0.39 is 0 Å². The van der Waals surface area contributed by atoms with Gasteiger partial charge in [-0.3, -0.25) is 0 Å². The van der Waals surface area contributed by atoms with Crippen molar-refractivity contribution in [2.24, 2.45) is 5.92 Å². The zero-order chi connectivity index (χ0) is 14.8. The molecular weight excluding hydrogens is 298 g/mol. The van der Waals surface area contributed by atoms with Crippen molar-refractivity contribution in [1.82, 2.24) is 10.3 Å². The first-order valence-corrected chi connectivity index (χ1v) is 9.39. The Kier molecular flexibility index (Phi) is 4.62. The van der Waals surface area contributed by atoms with Gasteiger partial charge < -0.3 is 10.2 Å². The maximum Gasteiger partial charge on any atom is 0.186 e. The van der Waals surface area contributed by atoms with E-state index in [1.54, 1.807) is 16.2 Å². The van der Waals surface area contributed by atoms with Crippen molar-refractivity contribution in [3.63, 3.8) is 0 Å². The second-order valence-corrected chi connectivity index (χ2v) is 7.90. The molecule has 1 N–H and O–H groups in total. The summed E-state index contributed by atoms with van der Waals surface area (Å²) in [6.07, 6.45) is 1.15. The van der Waals surface area contributed by atoms with Gasteiger partial charge in [0.15, 0.2) is 5.13 Å². The lowest BCUT2D eigenvalue weighted by Gasteiger charge is -2.33. The number of hydrogen-bond acceptors (Lipinski definition) is 5. The Bertz CT molecular complexity index is 588. The molecule has 0 saturated carbocycles. The zero-order valence-corrected chi connectivity index (χ0v) is 14.6. The third-order valence-corrected chi connectivity index (χ3v) is 5.84. The van der Waals surface area contributed by atoms with E-state index >= 15 is 0 Å². The van der Waals surface area contributed by atoms with E-state index in [2.05, 4.69) is 47.8 Å². The Morgan fingerprint density at radius 2 is 2.29 bits per heavy atom. The predicted octanol–water partition coefficient (Wildman–Crippen LogP) is 4.07. The molecule has 0 saturated heterocycles. The van der Waals surface area contributed by atoms with Gasteiger partial charge in [-0.05, 0) is 42.8 Å². The largest absolute Gasteiger partial charge is 0.341 e. The topological polar surface area (TPSA) is 28.2 Å². The van der Waals surface area contributed by atoms with E-state index in [1.807, 2.05) is 11.3 Å². The fraction of sp³-hybridized carbons (Fsp3) is 0.562. The molecule has 1 aliphatic rings. The average Bonchev–Trinajstić information content (AvgIpc) is 3.08. The van der Waals surface area contributed by atoms with Crippen LogP contribution in [-0.2, 0) is 13.0 Å². The summed E-state index contributed by atoms with van der Waals surface area (Å²) in [6.45, 7) is 9.76. The standard InChI is InChI=1S/C16H23N3S2/c1-11(2)8-17-9-13-10-21-16(18-13)19-6-4-15-14(12(19)3)5-7-20-15/h5,7,10-12,17H,4,6,8-9H2,1-3H3. The summed E-state index contributed by atoms with van der Waals surface area (Å²) < 4.78 is 0. The minimum atomic E-state index is 0.447. The smallest absolute Gasteiger partial charge is 0.186 e. The number of aromatic nitrogens is 1. The van der Waals surface area contributed by atoms with Gasteiger partial charge in [0, 0.05) is 23.3 Å². The van der Waals surface area contributed by atoms with Crippen molar-refractivity contribution >= 4 is 27.8 Å². The highest BCUT2D eigenvalue weighted by Gasteiger charge is 2.26. The molecule has 0 aliphatic carbocycles. The quantitative estimate of drug-likeness (QED) is 0.899. The molecule has 0 aromatic carbocycles. The van der Waals surface area contributed by atoms with Crippen LogP contribution in [0.5, 0.6) is 0 Å². The lowest BCUT2D eigenvalue weighted by atomic mass is 10.0. The van der Waals surface area contributed by atoms with Gasteiger partial charge in [0.2, 0.25) is 0 Å². The minimum Gasteiger partial charge on any atom is -0.341 e. The number of thiazole rings is 1. The Labute approximate surface area is 135 Å². The molecule has 0 spiro atoms. The molecule has 0 fully saturated rings. The van der Waals surface area contributed by atoms with Crippen LogP contribution in [-0.4, -0.2) is 18.1 Å². The van der Waals surface area contributed by atoms with Crippen LogP contribution in [0.3, 0.4) is 0 Å². The highest BCUT2D eigenvalue weighted by Crippen LogP contribution is 2.37. The molecule has 3 rings (SSSR count). The lowest BCUT2D eigenvalue weighted by molar-refractivity contribution is 0.548. The Hall–Kier alpha value is -0.910. The lowest BCUT2D eigenvalue weighted by Crippen LogP contribution is -2.33. The third kappa shape index (κ3) is 3.30. The van der Waals surface area contributed by atoms with E-state index in [0.717, 1.165) is 26.1 Å².